The summed E-state index contributed by atoms with van der Waals surface area (Å²) in [7, 11) is 0. The molecule has 92 valence electrons. The van der Waals surface area contributed by atoms with Gasteiger partial charge in [0.1, 0.15) is 0 Å². The Bertz CT molecular complexity index is 436. The van der Waals surface area contributed by atoms with E-state index < -0.39 is 10.8 Å². The molecule has 1 amide bonds. The molecule has 0 aliphatic heterocycles. The van der Waals surface area contributed by atoms with Gasteiger partial charge in [-0.05, 0) is 12.5 Å². The van der Waals surface area contributed by atoms with Crippen molar-refractivity contribution in [1.82, 2.24) is 5.32 Å². The Morgan fingerprint density at radius 1 is 1.47 bits per heavy atom. The van der Waals surface area contributed by atoms with E-state index in [1.165, 1.54) is 12.1 Å². The van der Waals surface area contributed by atoms with Crippen LogP contribution in [-0.2, 0) is 0 Å². The summed E-state index contributed by atoms with van der Waals surface area (Å²) in [6, 6.07) is 3.68. The molecule has 0 bridgehead atoms. The second-order valence-corrected chi connectivity index (χ2v) is 3.72. The fourth-order valence-corrected chi connectivity index (χ4v) is 1.42. The SMILES string of the molecule is O=C(NCCCO)c1cc(Cl)cc([N+](=O)[O-])c1. The van der Waals surface area contributed by atoms with Crippen LogP contribution in [0.15, 0.2) is 18.2 Å². The lowest BCUT2D eigenvalue weighted by molar-refractivity contribution is -0.384. The zero-order valence-electron chi connectivity index (χ0n) is 8.85. The van der Waals surface area contributed by atoms with Crippen molar-refractivity contribution in [2.75, 3.05) is 13.2 Å². The lowest BCUT2D eigenvalue weighted by Crippen LogP contribution is -2.25. The number of nitro groups is 1. The predicted octanol–water partition coefficient (Wildman–Crippen LogP) is 1.36. The van der Waals surface area contributed by atoms with Crippen LogP contribution >= 0.6 is 11.6 Å². The third-order valence-electron chi connectivity index (χ3n) is 1.98. The van der Waals surface area contributed by atoms with E-state index in [1.54, 1.807) is 0 Å². The van der Waals surface area contributed by atoms with Crippen molar-refractivity contribution in [1.29, 1.82) is 0 Å². The number of carbonyl (C=O) groups excluding carboxylic acids is 1. The molecular weight excluding hydrogens is 248 g/mol. The minimum Gasteiger partial charge on any atom is -0.396 e. The number of benzene rings is 1. The van der Waals surface area contributed by atoms with E-state index in [1.807, 2.05) is 0 Å². The number of hydrogen-bond donors (Lipinski definition) is 2. The quantitative estimate of drug-likeness (QED) is 0.474. The lowest BCUT2D eigenvalue weighted by atomic mass is 10.2. The number of hydrogen-bond acceptors (Lipinski definition) is 4. The number of non-ortho nitro benzene ring substituents is 1. The van der Waals surface area contributed by atoms with Gasteiger partial charge in [-0.3, -0.25) is 14.9 Å². The Labute approximate surface area is 102 Å². The van der Waals surface area contributed by atoms with Gasteiger partial charge in [-0.2, -0.15) is 0 Å². The summed E-state index contributed by atoms with van der Waals surface area (Å²) in [4.78, 5) is 21.5. The molecule has 1 aromatic rings. The molecule has 0 aliphatic rings. The van der Waals surface area contributed by atoms with Gasteiger partial charge in [0.25, 0.3) is 11.6 Å². The minimum atomic E-state index is -0.615. The van der Waals surface area contributed by atoms with Crippen molar-refractivity contribution in [3.63, 3.8) is 0 Å². The maximum absolute atomic E-state index is 11.6. The number of nitro benzene ring substituents is 1. The number of halogens is 1. The highest BCUT2D eigenvalue weighted by molar-refractivity contribution is 6.31. The first-order chi connectivity index (χ1) is 8.04. The number of amides is 1. The lowest BCUT2D eigenvalue weighted by Gasteiger charge is -2.04. The number of nitrogens with zero attached hydrogens (tertiary/aromatic N) is 1. The van der Waals surface area contributed by atoms with Crippen LogP contribution in [0.4, 0.5) is 5.69 Å². The maximum atomic E-state index is 11.6. The Morgan fingerprint density at radius 2 is 2.18 bits per heavy atom. The van der Waals surface area contributed by atoms with Crippen LogP contribution in [0.5, 0.6) is 0 Å². The molecule has 2 N–H and O–H groups in total. The van der Waals surface area contributed by atoms with Crippen LogP contribution in [-0.4, -0.2) is 29.1 Å². The van der Waals surface area contributed by atoms with Crippen LogP contribution in [0.3, 0.4) is 0 Å². The van der Waals surface area contributed by atoms with E-state index in [0.29, 0.717) is 13.0 Å². The van der Waals surface area contributed by atoms with Gasteiger partial charge in [-0.15, -0.1) is 0 Å². The third-order valence-corrected chi connectivity index (χ3v) is 2.19. The smallest absolute Gasteiger partial charge is 0.271 e. The number of carbonyl (C=O) groups is 1. The molecule has 0 heterocycles. The zero-order valence-corrected chi connectivity index (χ0v) is 9.61. The number of nitrogens with one attached hydrogen (secondary N) is 1. The molecule has 0 saturated heterocycles. The highest BCUT2D eigenvalue weighted by Crippen LogP contribution is 2.20. The largest absolute Gasteiger partial charge is 0.396 e. The van der Waals surface area contributed by atoms with Crippen LogP contribution in [0, 0.1) is 10.1 Å². The summed E-state index contributed by atoms with van der Waals surface area (Å²) in [5.41, 5.74) is -0.105. The van der Waals surface area contributed by atoms with Gasteiger partial charge in [0.15, 0.2) is 0 Å². The van der Waals surface area contributed by atoms with E-state index >= 15 is 0 Å². The molecule has 1 aromatic carbocycles. The van der Waals surface area contributed by atoms with Crippen LogP contribution < -0.4 is 5.32 Å². The van der Waals surface area contributed by atoms with E-state index in [2.05, 4.69) is 5.32 Å². The normalized spacial score (nSPS) is 10.0. The molecule has 0 fully saturated rings. The van der Waals surface area contributed by atoms with Gasteiger partial charge < -0.3 is 10.4 Å². The number of rotatable bonds is 5. The molecule has 1 rings (SSSR count). The standard InChI is InChI=1S/C10H11ClN2O4/c11-8-4-7(5-9(6-8)13(16)17)10(15)12-2-1-3-14/h4-6,14H,1-3H2,(H,12,15). The molecule has 0 spiro atoms. The average Bonchev–Trinajstić information content (AvgIpc) is 2.28. The Hall–Kier alpha value is -1.66. The first-order valence-electron chi connectivity index (χ1n) is 4.88. The number of aliphatic hydroxyl groups is 1. The molecule has 0 unspecified atom stereocenters. The van der Waals surface area contributed by atoms with Crippen LogP contribution in [0.25, 0.3) is 0 Å². The van der Waals surface area contributed by atoms with Crippen molar-refractivity contribution in [2.24, 2.45) is 0 Å². The monoisotopic (exact) mass is 258 g/mol. The van der Waals surface area contributed by atoms with Crippen molar-refractivity contribution in [2.45, 2.75) is 6.42 Å². The van der Waals surface area contributed by atoms with Crippen molar-refractivity contribution in [3.05, 3.63) is 38.9 Å². The fourth-order valence-electron chi connectivity index (χ4n) is 1.19. The summed E-state index contributed by atoms with van der Waals surface area (Å²) < 4.78 is 0. The summed E-state index contributed by atoms with van der Waals surface area (Å²) in [5.74, 6) is -0.455. The maximum Gasteiger partial charge on any atom is 0.271 e. The molecule has 0 aliphatic carbocycles. The molecule has 6 nitrogen and oxygen atoms in total. The predicted molar refractivity (Wildman–Crippen MR) is 62.1 cm³/mol. The summed E-state index contributed by atoms with van der Waals surface area (Å²) >= 11 is 5.68. The molecule has 0 radical (unpaired) electrons. The van der Waals surface area contributed by atoms with E-state index in [-0.39, 0.29) is 22.9 Å². The van der Waals surface area contributed by atoms with Gasteiger partial charge in [0.05, 0.1) is 4.92 Å². The van der Waals surface area contributed by atoms with Crippen LogP contribution in [0.1, 0.15) is 16.8 Å². The molecule has 0 saturated carbocycles. The highest BCUT2D eigenvalue weighted by Gasteiger charge is 2.13. The van der Waals surface area contributed by atoms with E-state index in [9.17, 15) is 14.9 Å². The van der Waals surface area contributed by atoms with Gasteiger partial charge >= 0.3 is 0 Å². The first-order valence-corrected chi connectivity index (χ1v) is 5.26. The van der Waals surface area contributed by atoms with Gasteiger partial charge in [-0.1, -0.05) is 11.6 Å². The Balaban J connectivity index is 2.82. The molecule has 7 heteroatoms. The summed E-state index contributed by atoms with van der Waals surface area (Å²) in [6.07, 6.45) is 0.425. The van der Waals surface area contributed by atoms with Crippen molar-refractivity contribution < 1.29 is 14.8 Å². The van der Waals surface area contributed by atoms with Gasteiger partial charge in [-0.25, -0.2) is 0 Å². The van der Waals surface area contributed by atoms with Gasteiger partial charge in [0, 0.05) is 35.9 Å². The molecular formula is C10H11ClN2O4. The molecule has 0 atom stereocenters. The molecule has 0 aromatic heterocycles. The van der Waals surface area contributed by atoms with E-state index in [0.717, 1.165) is 6.07 Å². The Kier molecular flexibility index (Phi) is 4.86. The van der Waals surface area contributed by atoms with E-state index in [4.69, 9.17) is 16.7 Å². The second kappa shape index (κ2) is 6.17. The zero-order chi connectivity index (χ0) is 12.8. The minimum absolute atomic E-state index is 0.0318. The Morgan fingerprint density at radius 3 is 2.76 bits per heavy atom. The number of aliphatic hydroxyl groups excluding tert-OH is 1. The molecule has 17 heavy (non-hydrogen) atoms. The topological polar surface area (TPSA) is 92.5 Å². The highest BCUT2D eigenvalue weighted by atomic mass is 35.5. The fraction of sp³-hybridized carbons (Fsp3) is 0.300. The van der Waals surface area contributed by atoms with Gasteiger partial charge in [0.2, 0.25) is 0 Å². The third kappa shape index (κ3) is 4.01. The van der Waals surface area contributed by atoms with Crippen molar-refractivity contribution >= 4 is 23.2 Å². The first kappa shape index (κ1) is 13.4. The average molecular weight is 259 g/mol. The summed E-state index contributed by atoms with van der Waals surface area (Å²) in [5, 5.41) is 21.8. The second-order valence-electron chi connectivity index (χ2n) is 3.29. The van der Waals surface area contributed by atoms with Crippen LogP contribution in [0.2, 0.25) is 5.02 Å². The summed E-state index contributed by atoms with van der Waals surface area (Å²) in [6.45, 7) is 0.269. The van der Waals surface area contributed by atoms with Crippen molar-refractivity contribution in [3.8, 4) is 0 Å².